The summed E-state index contributed by atoms with van der Waals surface area (Å²) in [5.74, 6) is -0.201. The molecule has 1 aromatic carbocycles. The molecule has 0 radical (unpaired) electrons. The first kappa shape index (κ1) is 13.1. The van der Waals surface area contributed by atoms with Crippen LogP contribution in [0.4, 0.5) is 0 Å². The van der Waals surface area contributed by atoms with Crippen LogP contribution in [0.25, 0.3) is 10.8 Å². The maximum atomic E-state index is 12.3. The van der Waals surface area contributed by atoms with Gasteiger partial charge in [-0.15, -0.1) is 0 Å². The van der Waals surface area contributed by atoms with Crippen molar-refractivity contribution in [1.82, 2.24) is 10.1 Å². The highest BCUT2D eigenvalue weighted by Crippen LogP contribution is 2.25. The minimum absolute atomic E-state index is 0.201. The molecule has 20 heavy (non-hydrogen) atoms. The van der Waals surface area contributed by atoms with Crippen molar-refractivity contribution in [3.63, 3.8) is 0 Å². The highest BCUT2D eigenvalue weighted by atomic mass is 35.5. The number of nitrogens with zero attached hydrogens (tertiary/aromatic N) is 2. The van der Waals surface area contributed by atoms with Crippen molar-refractivity contribution in [3.8, 4) is 0 Å². The molecule has 0 saturated heterocycles. The first-order valence-corrected chi connectivity index (χ1v) is 7.75. The lowest BCUT2D eigenvalue weighted by Gasteiger charge is -2.05. The summed E-state index contributed by atoms with van der Waals surface area (Å²) in [7, 11) is -3.47. The Balaban J connectivity index is 2.05. The molecule has 0 aliphatic heterocycles. The minimum Gasteiger partial charge on any atom is -0.364 e. The van der Waals surface area contributed by atoms with Gasteiger partial charge in [0.2, 0.25) is 0 Å². The number of hydrogen-bond donors (Lipinski definition) is 0. The van der Waals surface area contributed by atoms with Crippen LogP contribution in [-0.2, 0) is 15.6 Å². The molecule has 0 fully saturated rings. The SMILES string of the molecule is O=S(=O)(Cc1ccon1)c1ccc2c(Cl)nccc2c1. The fourth-order valence-corrected chi connectivity index (χ4v) is 3.42. The molecular weight excluding hydrogens is 300 g/mol. The van der Waals surface area contributed by atoms with Gasteiger partial charge in [-0.3, -0.25) is 0 Å². The molecule has 2 aromatic heterocycles. The lowest BCUT2D eigenvalue weighted by molar-refractivity contribution is 0.413. The van der Waals surface area contributed by atoms with Crippen molar-refractivity contribution in [2.45, 2.75) is 10.6 Å². The molecule has 0 aliphatic carbocycles. The van der Waals surface area contributed by atoms with Crippen molar-refractivity contribution in [2.24, 2.45) is 0 Å². The smallest absolute Gasteiger partial charge is 0.184 e. The fourth-order valence-electron chi connectivity index (χ4n) is 1.90. The van der Waals surface area contributed by atoms with E-state index in [1.54, 1.807) is 24.4 Å². The van der Waals surface area contributed by atoms with Gasteiger partial charge in [0.15, 0.2) is 9.84 Å². The highest BCUT2D eigenvalue weighted by Gasteiger charge is 2.17. The summed E-state index contributed by atoms with van der Waals surface area (Å²) in [6.07, 6.45) is 2.88. The Bertz CT molecular complexity index is 860. The molecule has 102 valence electrons. The zero-order valence-electron chi connectivity index (χ0n) is 10.2. The second-order valence-electron chi connectivity index (χ2n) is 4.23. The third-order valence-corrected chi connectivity index (χ3v) is 4.82. The fraction of sp³-hybridized carbons (Fsp3) is 0.0769. The van der Waals surface area contributed by atoms with E-state index in [0.717, 1.165) is 10.8 Å². The largest absolute Gasteiger partial charge is 0.364 e. The molecule has 0 unspecified atom stereocenters. The summed E-state index contributed by atoms with van der Waals surface area (Å²) in [6, 6.07) is 8.00. The number of aromatic nitrogens is 2. The summed E-state index contributed by atoms with van der Waals surface area (Å²) < 4.78 is 29.2. The zero-order chi connectivity index (χ0) is 14.2. The van der Waals surface area contributed by atoms with Gasteiger partial charge in [0.25, 0.3) is 0 Å². The second-order valence-corrected chi connectivity index (χ2v) is 6.58. The van der Waals surface area contributed by atoms with Crippen molar-refractivity contribution in [1.29, 1.82) is 0 Å². The average Bonchev–Trinajstić information content (AvgIpc) is 2.91. The summed E-state index contributed by atoms with van der Waals surface area (Å²) in [4.78, 5) is 4.17. The topological polar surface area (TPSA) is 73.1 Å². The maximum absolute atomic E-state index is 12.3. The molecule has 0 saturated carbocycles. The van der Waals surface area contributed by atoms with Gasteiger partial charge in [-0.25, -0.2) is 13.4 Å². The van der Waals surface area contributed by atoms with Crippen LogP contribution in [0.15, 0.2) is 52.2 Å². The third-order valence-electron chi connectivity index (χ3n) is 2.88. The van der Waals surface area contributed by atoms with E-state index in [4.69, 9.17) is 11.6 Å². The number of pyridine rings is 1. The molecule has 3 rings (SSSR count). The minimum atomic E-state index is -3.47. The van der Waals surface area contributed by atoms with Gasteiger partial charge in [-0.1, -0.05) is 16.8 Å². The van der Waals surface area contributed by atoms with Crippen LogP contribution in [0.3, 0.4) is 0 Å². The van der Waals surface area contributed by atoms with E-state index in [1.807, 2.05) is 0 Å². The van der Waals surface area contributed by atoms with Crippen molar-refractivity contribution in [2.75, 3.05) is 0 Å². The normalized spacial score (nSPS) is 11.8. The highest BCUT2D eigenvalue weighted by molar-refractivity contribution is 7.90. The quantitative estimate of drug-likeness (QED) is 0.696. The number of hydrogen-bond acceptors (Lipinski definition) is 5. The summed E-state index contributed by atoms with van der Waals surface area (Å²) in [6.45, 7) is 0. The molecule has 0 spiro atoms. The third kappa shape index (κ3) is 2.39. The Labute approximate surface area is 120 Å². The van der Waals surface area contributed by atoms with Crippen LogP contribution in [0, 0.1) is 0 Å². The van der Waals surface area contributed by atoms with E-state index >= 15 is 0 Å². The molecule has 7 heteroatoms. The molecule has 0 atom stereocenters. The van der Waals surface area contributed by atoms with Crippen LogP contribution in [0.2, 0.25) is 5.15 Å². The Morgan fingerprint density at radius 2 is 2.05 bits per heavy atom. The van der Waals surface area contributed by atoms with E-state index in [9.17, 15) is 8.42 Å². The zero-order valence-corrected chi connectivity index (χ0v) is 11.7. The van der Waals surface area contributed by atoms with E-state index in [0.29, 0.717) is 10.8 Å². The lowest BCUT2D eigenvalue weighted by atomic mass is 10.2. The van der Waals surface area contributed by atoms with Crippen LogP contribution in [0.5, 0.6) is 0 Å². The second kappa shape index (κ2) is 4.88. The Hall–Kier alpha value is -1.92. The Morgan fingerprint density at radius 3 is 2.80 bits per heavy atom. The molecule has 0 N–H and O–H groups in total. The monoisotopic (exact) mass is 308 g/mol. The summed E-state index contributed by atoms with van der Waals surface area (Å²) in [5.41, 5.74) is 0.373. The summed E-state index contributed by atoms with van der Waals surface area (Å²) in [5, 5.41) is 5.41. The predicted octanol–water partition coefficient (Wildman–Crippen LogP) is 2.85. The first-order chi connectivity index (χ1) is 9.56. The molecule has 0 amide bonds. The van der Waals surface area contributed by atoms with E-state index < -0.39 is 9.84 Å². The van der Waals surface area contributed by atoms with Crippen molar-refractivity contribution < 1.29 is 12.9 Å². The van der Waals surface area contributed by atoms with Crippen LogP contribution in [0.1, 0.15) is 5.69 Å². The standard InChI is InChI=1S/C13H9ClN2O3S/c14-13-12-2-1-11(7-9(12)3-5-15-13)20(17,18)8-10-4-6-19-16-10/h1-7H,8H2. The van der Waals surface area contributed by atoms with Gasteiger partial charge in [0, 0.05) is 17.6 Å². The van der Waals surface area contributed by atoms with Crippen molar-refractivity contribution in [3.05, 3.63) is 53.6 Å². The van der Waals surface area contributed by atoms with Crippen LogP contribution < -0.4 is 0 Å². The number of benzene rings is 1. The van der Waals surface area contributed by atoms with Crippen LogP contribution in [-0.4, -0.2) is 18.6 Å². The summed E-state index contributed by atoms with van der Waals surface area (Å²) >= 11 is 5.96. The lowest BCUT2D eigenvalue weighted by Crippen LogP contribution is -2.05. The van der Waals surface area contributed by atoms with E-state index in [-0.39, 0.29) is 10.6 Å². The van der Waals surface area contributed by atoms with Gasteiger partial charge in [0.1, 0.15) is 17.2 Å². The number of halogens is 1. The number of fused-ring (bicyclic) bond motifs is 1. The van der Waals surface area contributed by atoms with Gasteiger partial charge < -0.3 is 4.52 Å². The van der Waals surface area contributed by atoms with E-state index in [2.05, 4.69) is 14.7 Å². The van der Waals surface area contributed by atoms with E-state index in [1.165, 1.54) is 18.4 Å². The molecule has 0 bridgehead atoms. The van der Waals surface area contributed by atoms with Gasteiger partial charge in [0.05, 0.1) is 10.6 Å². The molecule has 0 aliphatic rings. The van der Waals surface area contributed by atoms with Crippen molar-refractivity contribution >= 4 is 32.2 Å². The number of rotatable bonds is 3. The Kier molecular flexibility index (Phi) is 3.19. The van der Waals surface area contributed by atoms with Gasteiger partial charge in [-0.05, 0) is 29.7 Å². The molecule has 2 heterocycles. The molecule has 5 nitrogen and oxygen atoms in total. The first-order valence-electron chi connectivity index (χ1n) is 5.72. The average molecular weight is 309 g/mol. The number of sulfone groups is 1. The van der Waals surface area contributed by atoms with Gasteiger partial charge in [-0.2, -0.15) is 0 Å². The van der Waals surface area contributed by atoms with Crippen LogP contribution >= 0.6 is 11.6 Å². The van der Waals surface area contributed by atoms with Gasteiger partial charge >= 0.3 is 0 Å². The Morgan fingerprint density at radius 1 is 1.20 bits per heavy atom. The molecular formula is C13H9ClN2O3S. The predicted molar refractivity (Wildman–Crippen MR) is 74.1 cm³/mol. The molecule has 3 aromatic rings. The maximum Gasteiger partial charge on any atom is 0.184 e.